The average Bonchev–Trinajstić information content (AvgIpc) is 3.37. The first-order chi connectivity index (χ1) is 17.9. The Bertz CT molecular complexity index is 1200. The SMILES string of the molecule is CCCc1cc(C(=O)N2CCCC(COc3cccc(Cl)c3)(CC(=O)N(C)Cc3ccccc3)C2)no1. The Balaban J connectivity index is 1.51. The van der Waals surface area contributed by atoms with E-state index in [1.165, 1.54) is 0 Å². The number of nitrogens with zero attached hydrogens (tertiary/aromatic N) is 3. The molecular weight excluding hydrogens is 490 g/mol. The van der Waals surface area contributed by atoms with E-state index in [0.717, 1.165) is 31.2 Å². The molecule has 0 N–H and O–H groups in total. The molecule has 0 bridgehead atoms. The highest BCUT2D eigenvalue weighted by Crippen LogP contribution is 2.36. The van der Waals surface area contributed by atoms with Gasteiger partial charge in [0, 0.05) is 56.0 Å². The van der Waals surface area contributed by atoms with Crippen LogP contribution >= 0.6 is 11.6 Å². The highest BCUT2D eigenvalue weighted by molar-refractivity contribution is 6.30. The molecule has 1 aliphatic rings. The minimum atomic E-state index is -0.547. The number of benzene rings is 2. The molecule has 7 nitrogen and oxygen atoms in total. The van der Waals surface area contributed by atoms with Crippen LogP contribution in [0.1, 0.15) is 54.4 Å². The third kappa shape index (κ3) is 7.13. The van der Waals surface area contributed by atoms with Crippen LogP contribution in [0.3, 0.4) is 0 Å². The number of hydrogen-bond acceptors (Lipinski definition) is 5. The van der Waals surface area contributed by atoms with Crippen LogP contribution in [0.5, 0.6) is 5.75 Å². The fourth-order valence-corrected chi connectivity index (χ4v) is 5.01. The summed E-state index contributed by atoms with van der Waals surface area (Å²) < 4.78 is 11.5. The molecule has 8 heteroatoms. The number of rotatable bonds is 10. The van der Waals surface area contributed by atoms with Gasteiger partial charge in [0.15, 0.2) is 5.69 Å². The van der Waals surface area contributed by atoms with Crippen molar-refractivity contribution < 1.29 is 18.8 Å². The summed E-state index contributed by atoms with van der Waals surface area (Å²) in [5, 5.41) is 4.59. The number of carbonyl (C=O) groups excluding carboxylic acids is 2. The molecule has 1 atom stereocenters. The van der Waals surface area contributed by atoms with Gasteiger partial charge < -0.3 is 19.1 Å². The van der Waals surface area contributed by atoms with Gasteiger partial charge in [-0.05, 0) is 43.0 Å². The fourth-order valence-electron chi connectivity index (χ4n) is 4.83. The van der Waals surface area contributed by atoms with Gasteiger partial charge in [-0.3, -0.25) is 9.59 Å². The number of carbonyl (C=O) groups is 2. The predicted molar refractivity (Wildman–Crippen MR) is 143 cm³/mol. The molecule has 0 radical (unpaired) electrons. The van der Waals surface area contributed by atoms with Crippen LogP contribution in [0.2, 0.25) is 5.02 Å². The maximum atomic E-state index is 13.4. The number of halogens is 1. The van der Waals surface area contributed by atoms with Crippen molar-refractivity contribution >= 4 is 23.4 Å². The second kappa shape index (κ2) is 12.3. The summed E-state index contributed by atoms with van der Waals surface area (Å²) in [5.41, 5.74) is 0.827. The molecule has 0 aliphatic carbocycles. The van der Waals surface area contributed by atoms with Gasteiger partial charge in [0.25, 0.3) is 5.91 Å². The first-order valence-electron chi connectivity index (χ1n) is 12.8. The Morgan fingerprint density at radius 3 is 2.73 bits per heavy atom. The highest BCUT2D eigenvalue weighted by Gasteiger charge is 2.41. The van der Waals surface area contributed by atoms with Gasteiger partial charge in [0.2, 0.25) is 5.91 Å². The molecule has 2 amide bonds. The molecule has 4 rings (SSSR count). The molecule has 0 saturated carbocycles. The van der Waals surface area contributed by atoms with Crippen LogP contribution in [0.25, 0.3) is 0 Å². The molecule has 1 aromatic heterocycles. The molecule has 2 aromatic carbocycles. The Morgan fingerprint density at radius 2 is 1.97 bits per heavy atom. The van der Waals surface area contributed by atoms with Crippen molar-refractivity contribution in [1.82, 2.24) is 15.0 Å². The van der Waals surface area contributed by atoms with Crippen LogP contribution in [-0.2, 0) is 17.8 Å². The Hall–Kier alpha value is -3.32. The number of aryl methyl sites for hydroxylation is 1. The molecule has 37 heavy (non-hydrogen) atoms. The lowest BCUT2D eigenvalue weighted by molar-refractivity contribution is -0.134. The quantitative estimate of drug-likeness (QED) is 0.344. The van der Waals surface area contributed by atoms with Gasteiger partial charge in [0.05, 0.1) is 6.61 Å². The summed E-state index contributed by atoms with van der Waals surface area (Å²) in [7, 11) is 1.82. The van der Waals surface area contributed by atoms with Crippen LogP contribution in [0.15, 0.2) is 65.2 Å². The van der Waals surface area contributed by atoms with E-state index in [-0.39, 0.29) is 18.2 Å². The molecular formula is C29H34ClN3O4. The van der Waals surface area contributed by atoms with E-state index in [1.54, 1.807) is 28.0 Å². The number of aromatic nitrogens is 1. The van der Waals surface area contributed by atoms with Crippen LogP contribution in [0, 0.1) is 5.41 Å². The highest BCUT2D eigenvalue weighted by atomic mass is 35.5. The van der Waals surface area contributed by atoms with Crippen molar-refractivity contribution in [3.05, 3.63) is 82.7 Å². The largest absolute Gasteiger partial charge is 0.493 e. The number of likely N-dealkylation sites (tertiary alicyclic amines) is 1. The number of ether oxygens (including phenoxy) is 1. The maximum absolute atomic E-state index is 13.4. The van der Waals surface area contributed by atoms with Gasteiger partial charge in [0.1, 0.15) is 11.5 Å². The molecule has 0 spiro atoms. The normalized spacial score (nSPS) is 17.4. The molecule has 2 heterocycles. The van der Waals surface area contributed by atoms with E-state index in [9.17, 15) is 9.59 Å². The van der Waals surface area contributed by atoms with Crippen molar-refractivity contribution in [2.75, 3.05) is 26.7 Å². The van der Waals surface area contributed by atoms with Gasteiger partial charge in [-0.1, -0.05) is 60.1 Å². The summed E-state index contributed by atoms with van der Waals surface area (Å²) in [6.07, 6.45) is 3.44. The minimum Gasteiger partial charge on any atom is -0.493 e. The van der Waals surface area contributed by atoms with Crippen LogP contribution in [0.4, 0.5) is 0 Å². The summed E-state index contributed by atoms with van der Waals surface area (Å²) in [4.78, 5) is 30.3. The maximum Gasteiger partial charge on any atom is 0.276 e. The molecule has 1 fully saturated rings. The zero-order valence-electron chi connectivity index (χ0n) is 21.5. The Kier molecular flexibility index (Phi) is 8.87. The topological polar surface area (TPSA) is 75.9 Å². The molecule has 1 unspecified atom stereocenters. The third-order valence-corrected chi connectivity index (χ3v) is 7.01. The van der Waals surface area contributed by atoms with E-state index in [1.807, 2.05) is 49.5 Å². The number of amides is 2. The Labute approximate surface area is 223 Å². The van der Waals surface area contributed by atoms with Crippen molar-refractivity contribution in [1.29, 1.82) is 0 Å². The number of piperidine rings is 1. The van der Waals surface area contributed by atoms with Gasteiger partial charge in [-0.2, -0.15) is 0 Å². The van der Waals surface area contributed by atoms with Crippen molar-refractivity contribution in [2.24, 2.45) is 5.41 Å². The third-order valence-electron chi connectivity index (χ3n) is 6.78. The zero-order chi connectivity index (χ0) is 26.3. The van der Waals surface area contributed by atoms with Gasteiger partial charge in [-0.25, -0.2) is 0 Å². The number of hydrogen-bond donors (Lipinski definition) is 0. The van der Waals surface area contributed by atoms with E-state index >= 15 is 0 Å². The summed E-state index contributed by atoms with van der Waals surface area (Å²) >= 11 is 6.15. The minimum absolute atomic E-state index is 0.0134. The monoisotopic (exact) mass is 523 g/mol. The molecule has 1 saturated heterocycles. The predicted octanol–water partition coefficient (Wildman–Crippen LogP) is 5.63. The summed E-state index contributed by atoms with van der Waals surface area (Å²) in [6, 6.07) is 18.9. The summed E-state index contributed by atoms with van der Waals surface area (Å²) in [6.45, 7) is 3.86. The first kappa shape index (κ1) is 26.7. The van der Waals surface area contributed by atoms with Crippen LogP contribution in [-0.4, -0.2) is 53.5 Å². The Morgan fingerprint density at radius 1 is 1.16 bits per heavy atom. The lowest BCUT2D eigenvalue weighted by Crippen LogP contribution is -2.50. The zero-order valence-corrected chi connectivity index (χ0v) is 22.2. The first-order valence-corrected chi connectivity index (χ1v) is 13.2. The second-order valence-electron chi connectivity index (χ2n) is 9.92. The van der Waals surface area contributed by atoms with Gasteiger partial charge >= 0.3 is 0 Å². The second-order valence-corrected chi connectivity index (χ2v) is 10.4. The van der Waals surface area contributed by atoms with Crippen molar-refractivity contribution in [3.8, 4) is 5.75 Å². The van der Waals surface area contributed by atoms with Crippen molar-refractivity contribution in [3.63, 3.8) is 0 Å². The fraction of sp³-hybridized carbons (Fsp3) is 0.414. The standard InChI is InChI=1S/C29H34ClN3O4/c1-3-9-25-17-26(31-37-25)28(35)33-15-8-14-29(20-33,21-36-24-13-7-12-23(30)16-24)18-27(34)32(2)19-22-10-5-4-6-11-22/h4-7,10-13,16-17H,3,8-9,14-15,18-21H2,1-2H3. The van der Waals surface area contributed by atoms with Gasteiger partial charge in [-0.15, -0.1) is 0 Å². The lowest BCUT2D eigenvalue weighted by atomic mass is 9.77. The van der Waals surface area contributed by atoms with E-state index in [2.05, 4.69) is 12.1 Å². The smallest absolute Gasteiger partial charge is 0.276 e. The molecule has 196 valence electrons. The summed E-state index contributed by atoms with van der Waals surface area (Å²) in [5.74, 6) is 1.18. The molecule has 3 aromatic rings. The van der Waals surface area contributed by atoms with E-state index in [0.29, 0.717) is 48.5 Å². The van der Waals surface area contributed by atoms with E-state index in [4.69, 9.17) is 20.9 Å². The average molecular weight is 524 g/mol. The van der Waals surface area contributed by atoms with Crippen LogP contribution < -0.4 is 4.74 Å². The lowest BCUT2D eigenvalue weighted by Gasteiger charge is -2.42. The molecule has 1 aliphatic heterocycles. The van der Waals surface area contributed by atoms with Crippen molar-refractivity contribution in [2.45, 2.75) is 45.6 Å². The van der Waals surface area contributed by atoms with E-state index < -0.39 is 5.41 Å².